The van der Waals surface area contributed by atoms with Crippen molar-refractivity contribution in [2.75, 3.05) is 12.9 Å². The van der Waals surface area contributed by atoms with E-state index in [1.165, 1.54) is 13.3 Å². The van der Waals surface area contributed by atoms with Crippen LogP contribution in [0.4, 0.5) is 0 Å². The molecule has 2 N–H and O–H groups in total. The van der Waals surface area contributed by atoms with Crippen LogP contribution in [0.5, 0.6) is 0 Å². The molecule has 0 unspecified atom stereocenters. The quantitative estimate of drug-likeness (QED) is 0.679. The Balaban J connectivity index is 2.35. The maximum atomic E-state index is 11.8. The van der Waals surface area contributed by atoms with Crippen LogP contribution in [-0.4, -0.2) is 47.6 Å². The minimum Gasteiger partial charge on any atom is -0.376 e. The molecule has 1 aliphatic heterocycles. The second-order valence-electron chi connectivity index (χ2n) is 4.89. The summed E-state index contributed by atoms with van der Waals surface area (Å²) in [5.41, 5.74) is -1.24. The number of H-pyrrole nitrogens is 1. The molecule has 2 heterocycles. The Morgan fingerprint density at radius 3 is 2.67 bits per heavy atom. The molecule has 10 heteroatoms. The third-order valence-electron chi connectivity index (χ3n) is 3.47. The van der Waals surface area contributed by atoms with Gasteiger partial charge in [-0.1, -0.05) is 6.92 Å². The zero-order chi connectivity index (χ0) is 15.8. The fraction of sp³-hybridized carbons (Fsp3) is 0.636. The van der Waals surface area contributed by atoms with E-state index in [2.05, 4.69) is 4.98 Å². The summed E-state index contributed by atoms with van der Waals surface area (Å²) in [5.74, 6) is -0.969. The lowest BCUT2D eigenvalue weighted by Gasteiger charge is -2.20. The maximum absolute atomic E-state index is 11.8. The van der Waals surface area contributed by atoms with Gasteiger partial charge in [-0.25, -0.2) is 4.79 Å². The van der Waals surface area contributed by atoms with Gasteiger partial charge in [-0.3, -0.25) is 18.9 Å². The number of rotatable bonds is 4. The first kappa shape index (κ1) is 15.9. The van der Waals surface area contributed by atoms with Crippen molar-refractivity contribution >= 4 is 10.1 Å². The van der Waals surface area contributed by atoms with Gasteiger partial charge in [0.1, 0.15) is 11.9 Å². The standard InChI is InChI=1S/C11H16N2O7S/c1-6-7(5-21(16,17)18)20-10(9(6)19-2)13-4-3-8(14)12-11(13)15/h3-4,6-7,9-10H,5H2,1-2H3,(H,12,14,15)(H,16,17,18)/t6-,7-,9-,10-/m1/s1. The number of hydrogen-bond acceptors (Lipinski definition) is 6. The van der Waals surface area contributed by atoms with Crippen LogP contribution in [0.25, 0.3) is 0 Å². The molecule has 0 saturated carbocycles. The number of aromatic amines is 1. The maximum Gasteiger partial charge on any atom is 0.330 e. The Bertz CT molecular complexity index is 723. The van der Waals surface area contributed by atoms with Crippen LogP contribution in [0.3, 0.4) is 0 Å². The van der Waals surface area contributed by atoms with E-state index in [1.54, 1.807) is 6.92 Å². The molecule has 21 heavy (non-hydrogen) atoms. The molecule has 1 aromatic rings. The number of hydrogen-bond donors (Lipinski definition) is 2. The molecule has 4 atom stereocenters. The molecule has 0 aromatic carbocycles. The van der Waals surface area contributed by atoms with E-state index in [0.29, 0.717) is 0 Å². The van der Waals surface area contributed by atoms with Gasteiger partial charge in [0, 0.05) is 25.3 Å². The SMILES string of the molecule is CO[C@@H]1[C@H](C)[C@@H](CS(=O)(=O)O)O[C@H]1n1ccc(=O)[nH]c1=O. The summed E-state index contributed by atoms with van der Waals surface area (Å²) in [4.78, 5) is 24.9. The second-order valence-corrected chi connectivity index (χ2v) is 6.39. The predicted molar refractivity (Wildman–Crippen MR) is 71.6 cm³/mol. The Hall–Kier alpha value is -1.49. The number of nitrogens with one attached hydrogen (secondary N) is 1. The van der Waals surface area contributed by atoms with Gasteiger partial charge in [0.2, 0.25) is 0 Å². The first-order valence-corrected chi connectivity index (χ1v) is 7.78. The summed E-state index contributed by atoms with van der Waals surface area (Å²) >= 11 is 0. The average molecular weight is 320 g/mol. The van der Waals surface area contributed by atoms with Crippen LogP contribution >= 0.6 is 0 Å². The van der Waals surface area contributed by atoms with Gasteiger partial charge in [-0.05, 0) is 0 Å². The average Bonchev–Trinajstić information content (AvgIpc) is 2.64. The first-order chi connectivity index (χ1) is 9.73. The summed E-state index contributed by atoms with van der Waals surface area (Å²) < 4.78 is 42.9. The van der Waals surface area contributed by atoms with Crippen LogP contribution in [0.2, 0.25) is 0 Å². The van der Waals surface area contributed by atoms with Gasteiger partial charge < -0.3 is 9.47 Å². The zero-order valence-electron chi connectivity index (χ0n) is 11.4. The molecular formula is C11H16N2O7S. The summed E-state index contributed by atoms with van der Waals surface area (Å²) in [6, 6.07) is 1.15. The molecule has 1 fully saturated rings. The van der Waals surface area contributed by atoms with Gasteiger partial charge in [-0.15, -0.1) is 0 Å². The molecule has 0 amide bonds. The summed E-state index contributed by atoms with van der Waals surface area (Å²) in [7, 11) is -2.81. The molecule has 9 nitrogen and oxygen atoms in total. The first-order valence-electron chi connectivity index (χ1n) is 6.18. The molecule has 118 valence electrons. The van der Waals surface area contributed by atoms with E-state index in [9.17, 15) is 18.0 Å². The van der Waals surface area contributed by atoms with Crippen LogP contribution in [-0.2, 0) is 19.6 Å². The highest BCUT2D eigenvalue weighted by Crippen LogP contribution is 2.35. The Kier molecular flexibility index (Phi) is 4.33. The van der Waals surface area contributed by atoms with Crippen molar-refractivity contribution in [1.29, 1.82) is 0 Å². The summed E-state index contributed by atoms with van der Waals surface area (Å²) in [5, 5.41) is 0. The van der Waals surface area contributed by atoms with Crippen LogP contribution in [0.1, 0.15) is 13.2 Å². The van der Waals surface area contributed by atoms with E-state index in [1.807, 2.05) is 0 Å². The second kappa shape index (κ2) is 5.72. The monoisotopic (exact) mass is 320 g/mol. The highest BCUT2D eigenvalue weighted by Gasteiger charge is 2.45. The van der Waals surface area contributed by atoms with Gasteiger partial charge in [-0.2, -0.15) is 8.42 Å². The van der Waals surface area contributed by atoms with Crippen molar-refractivity contribution in [3.05, 3.63) is 33.1 Å². The zero-order valence-corrected chi connectivity index (χ0v) is 12.2. The predicted octanol–water partition coefficient (Wildman–Crippen LogP) is -1.03. The molecule has 1 aliphatic rings. The fourth-order valence-corrected chi connectivity index (χ4v) is 3.23. The Morgan fingerprint density at radius 2 is 2.14 bits per heavy atom. The lowest BCUT2D eigenvalue weighted by atomic mass is 10.0. The van der Waals surface area contributed by atoms with E-state index >= 15 is 0 Å². The normalized spacial score (nSPS) is 29.7. The van der Waals surface area contributed by atoms with Crippen molar-refractivity contribution in [3.8, 4) is 0 Å². The van der Waals surface area contributed by atoms with Gasteiger partial charge in [0.15, 0.2) is 6.23 Å². The third kappa shape index (κ3) is 3.40. The van der Waals surface area contributed by atoms with Gasteiger partial charge in [0.05, 0.1) is 6.10 Å². The summed E-state index contributed by atoms with van der Waals surface area (Å²) in [6.07, 6.45) is -1.06. The molecule has 1 saturated heterocycles. The summed E-state index contributed by atoms with van der Waals surface area (Å²) in [6.45, 7) is 1.70. The highest BCUT2D eigenvalue weighted by molar-refractivity contribution is 7.85. The van der Waals surface area contributed by atoms with Crippen molar-refractivity contribution in [2.24, 2.45) is 5.92 Å². The smallest absolute Gasteiger partial charge is 0.330 e. The highest BCUT2D eigenvalue weighted by atomic mass is 32.2. The topological polar surface area (TPSA) is 128 Å². The minimum atomic E-state index is -4.22. The van der Waals surface area contributed by atoms with E-state index in [0.717, 1.165) is 10.6 Å². The van der Waals surface area contributed by atoms with Crippen LogP contribution in [0, 0.1) is 5.92 Å². The van der Waals surface area contributed by atoms with E-state index < -0.39 is 45.6 Å². The molecule has 2 rings (SSSR count). The third-order valence-corrected chi connectivity index (χ3v) is 4.22. The molecule has 0 bridgehead atoms. The van der Waals surface area contributed by atoms with E-state index in [4.69, 9.17) is 14.0 Å². The van der Waals surface area contributed by atoms with E-state index in [-0.39, 0.29) is 5.92 Å². The molecular weight excluding hydrogens is 304 g/mol. The largest absolute Gasteiger partial charge is 0.376 e. The Labute approximate surface area is 120 Å². The molecule has 0 spiro atoms. The van der Waals surface area contributed by atoms with Crippen molar-refractivity contribution in [1.82, 2.24) is 9.55 Å². The van der Waals surface area contributed by atoms with Gasteiger partial charge in [0.25, 0.3) is 15.7 Å². The number of ether oxygens (including phenoxy) is 2. The minimum absolute atomic E-state index is 0.374. The molecule has 1 aromatic heterocycles. The number of nitrogens with zero attached hydrogens (tertiary/aromatic N) is 1. The lowest BCUT2D eigenvalue weighted by Crippen LogP contribution is -2.36. The van der Waals surface area contributed by atoms with Crippen LogP contribution in [0.15, 0.2) is 21.9 Å². The Morgan fingerprint density at radius 1 is 1.48 bits per heavy atom. The van der Waals surface area contributed by atoms with Crippen molar-refractivity contribution in [2.45, 2.75) is 25.4 Å². The lowest BCUT2D eigenvalue weighted by molar-refractivity contribution is -0.0486. The number of methoxy groups -OCH3 is 1. The fourth-order valence-electron chi connectivity index (χ4n) is 2.43. The van der Waals surface area contributed by atoms with Crippen molar-refractivity contribution in [3.63, 3.8) is 0 Å². The molecule has 0 radical (unpaired) electrons. The molecule has 0 aliphatic carbocycles. The van der Waals surface area contributed by atoms with Crippen LogP contribution < -0.4 is 11.2 Å². The number of aromatic nitrogens is 2. The van der Waals surface area contributed by atoms with Crippen molar-refractivity contribution < 1.29 is 22.4 Å². The van der Waals surface area contributed by atoms with Gasteiger partial charge >= 0.3 is 5.69 Å².